The lowest BCUT2D eigenvalue weighted by Gasteiger charge is -2.14. The molecule has 1 heterocycles. The Kier molecular flexibility index (Phi) is 4.17. The molecule has 3 rings (SSSR count). The minimum Gasteiger partial charge on any atom is -0.329 e. The van der Waals surface area contributed by atoms with Crippen molar-refractivity contribution < 1.29 is 4.79 Å². The first-order valence-electron chi connectivity index (χ1n) is 7.23. The fourth-order valence-electron chi connectivity index (χ4n) is 2.47. The molecular weight excluding hydrogens is 312 g/mol. The van der Waals surface area contributed by atoms with Crippen LogP contribution in [0.2, 0.25) is 5.02 Å². The predicted molar refractivity (Wildman–Crippen MR) is 93.1 cm³/mol. The smallest absolute Gasteiger partial charge is 0.255 e. The Bertz CT molecular complexity index is 916. The lowest BCUT2D eigenvalue weighted by molar-refractivity contribution is -0.117. The Hall–Kier alpha value is -2.59. The highest BCUT2D eigenvalue weighted by atomic mass is 35.5. The molecule has 0 aliphatic rings. The van der Waals surface area contributed by atoms with Gasteiger partial charge in [0.15, 0.2) is 0 Å². The molecule has 2 N–H and O–H groups in total. The highest BCUT2D eigenvalue weighted by molar-refractivity contribution is 6.30. The minimum absolute atomic E-state index is 0.139. The van der Waals surface area contributed by atoms with Crippen LogP contribution in [0.25, 0.3) is 10.8 Å². The average Bonchev–Trinajstić information content (AvgIpc) is 2.56. The Morgan fingerprint density at radius 3 is 2.57 bits per heavy atom. The van der Waals surface area contributed by atoms with E-state index in [1.54, 1.807) is 42.6 Å². The normalized spacial score (nSPS) is 12.1. The zero-order valence-electron chi connectivity index (χ0n) is 12.5. The molecule has 0 saturated carbocycles. The molecule has 1 atom stereocenters. The number of benzene rings is 2. The monoisotopic (exact) mass is 326 g/mol. The summed E-state index contributed by atoms with van der Waals surface area (Å²) in [6.07, 6.45) is 1.57. The fourth-order valence-corrected chi connectivity index (χ4v) is 2.60. The van der Waals surface area contributed by atoms with Gasteiger partial charge in [0.1, 0.15) is 0 Å². The van der Waals surface area contributed by atoms with Crippen molar-refractivity contribution in [1.29, 1.82) is 0 Å². The van der Waals surface area contributed by atoms with E-state index in [1.807, 2.05) is 19.1 Å². The summed E-state index contributed by atoms with van der Waals surface area (Å²) in [5, 5.41) is 4.80. The maximum atomic E-state index is 12.5. The van der Waals surface area contributed by atoms with Gasteiger partial charge in [0.2, 0.25) is 5.91 Å². The number of carbonyl (C=O) groups is 1. The van der Waals surface area contributed by atoms with E-state index in [4.69, 9.17) is 11.6 Å². The molecule has 4 nitrogen and oxygen atoms in total. The van der Waals surface area contributed by atoms with E-state index in [-0.39, 0.29) is 17.4 Å². The van der Waals surface area contributed by atoms with Crippen LogP contribution in [0.1, 0.15) is 18.4 Å². The summed E-state index contributed by atoms with van der Waals surface area (Å²) >= 11 is 5.87. The molecule has 0 aliphatic heterocycles. The number of hydrogen-bond acceptors (Lipinski definition) is 2. The van der Waals surface area contributed by atoms with Crippen molar-refractivity contribution in [1.82, 2.24) is 4.98 Å². The minimum atomic E-state index is -0.329. The van der Waals surface area contributed by atoms with E-state index in [1.165, 1.54) is 0 Å². The summed E-state index contributed by atoms with van der Waals surface area (Å²) in [5.41, 5.74) is 1.33. The second-order valence-corrected chi connectivity index (χ2v) is 5.77. The topological polar surface area (TPSA) is 62.0 Å². The summed E-state index contributed by atoms with van der Waals surface area (Å²) in [5.74, 6) is -0.468. The van der Waals surface area contributed by atoms with Crippen LogP contribution in [0.15, 0.2) is 59.5 Å². The number of pyridine rings is 1. The highest BCUT2D eigenvalue weighted by Gasteiger charge is 2.16. The number of fused-ring (bicyclic) bond motifs is 1. The first kappa shape index (κ1) is 15.3. The van der Waals surface area contributed by atoms with Crippen LogP contribution in [0, 0.1) is 0 Å². The van der Waals surface area contributed by atoms with Gasteiger partial charge in [0, 0.05) is 27.7 Å². The predicted octanol–water partition coefficient (Wildman–Crippen LogP) is 3.92. The lowest BCUT2D eigenvalue weighted by Crippen LogP contribution is -2.19. The summed E-state index contributed by atoms with van der Waals surface area (Å²) in [7, 11) is 0. The first-order chi connectivity index (χ1) is 11.1. The standard InChI is InChI=1S/C18H15ClN2O2/c1-11(12-5-7-13(19)8-6-12)17(22)21-16-4-2-3-15-14(16)9-10-20-18(15)23/h2-11H,1H3,(H,20,23)(H,21,22). The van der Waals surface area contributed by atoms with Crippen molar-refractivity contribution in [2.24, 2.45) is 0 Å². The summed E-state index contributed by atoms with van der Waals surface area (Å²) in [4.78, 5) is 26.9. The Balaban J connectivity index is 1.90. The van der Waals surface area contributed by atoms with Gasteiger partial charge in [-0.15, -0.1) is 0 Å². The second-order valence-electron chi connectivity index (χ2n) is 5.34. The van der Waals surface area contributed by atoms with E-state index in [0.29, 0.717) is 21.5 Å². The molecule has 0 saturated heterocycles. The first-order valence-corrected chi connectivity index (χ1v) is 7.61. The third-order valence-corrected chi connectivity index (χ3v) is 4.09. The van der Waals surface area contributed by atoms with Gasteiger partial charge in [-0.05, 0) is 42.8 Å². The van der Waals surface area contributed by atoms with Crippen LogP contribution in [-0.2, 0) is 4.79 Å². The largest absolute Gasteiger partial charge is 0.329 e. The summed E-state index contributed by atoms with van der Waals surface area (Å²) < 4.78 is 0. The Morgan fingerprint density at radius 2 is 1.83 bits per heavy atom. The lowest BCUT2D eigenvalue weighted by atomic mass is 10.00. The van der Waals surface area contributed by atoms with Crippen LogP contribution in [0.5, 0.6) is 0 Å². The number of aromatic amines is 1. The molecule has 2 aromatic carbocycles. The number of anilines is 1. The molecule has 0 spiro atoms. The zero-order chi connectivity index (χ0) is 16.4. The van der Waals surface area contributed by atoms with Crippen molar-refractivity contribution >= 4 is 34.0 Å². The number of nitrogens with one attached hydrogen (secondary N) is 2. The maximum Gasteiger partial charge on any atom is 0.255 e. The molecule has 3 aromatic rings. The van der Waals surface area contributed by atoms with E-state index >= 15 is 0 Å². The molecule has 0 aliphatic carbocycles. The molecule has 0 fully saturated rings. The molecule has 0 bridgehead atoms. The highest BCUT2D eigenvalue weighted by Crippen LogP contribution is 2.24. The molecule has 1 unspecified atom stereocenters. The van der Waals surface area contributed by atoms with Gasteiger partial charge < -0.3 is 10.3 Å². The third-order valence-electron chi connectivity index (χ3n) is 3.84. The van der Waals surface area contributed by atoms with Gasteiger partial charge in [0.25, 0.3) is 5.56 Å². The molecule has 23 heavy (non-hydrogen) atoms. The third kappa shape index (κ3) is 3.12. The van der Waals surface area contributed by atoms with Gasteiger partial charge in [-0.3, -0.25) is 9.59 Å². The second kappa shape index (κ2) is 6.26. The van der Waals surface area contributed by atoms with Gasteiger partial charge in [-0.1, -0.05) is 29.8 Å². The molecule has 1 amide bonds. The van der Waals surface area contributed by atoms with E-state index < -0.39 is 0 Å². The van der Waals surface area contributed by atoms with Gasteiger partial charge in [0.05, 0.1) is 5.92 Å². The molecule has 1 aromatic heterocycles. The van der Waals surface area contributed by atoms with Gasteiger partial charge >= 0.3 is 0 Å². The summed E-state index contributed by atoms with van der Waals surface area (Å²) in [6, 6.07) is 14.2. The van der Waals surface area contributed by atoms with Crippen LogP contribution in [0.3, 0.4) is 0 Å². The van der Waals surface area contributed by atoms with Crippen LogP contribution in [0.4, 0.5) is 5.69 Å². The number of H-pyrrole nitrogens is 1. The summed E-state index contributed by atoms with van der Waals surface area (Å²) in [6.45, 7) is 1.83. The van der Waals surface area contributed by atoms with Crippen LogP contribution in [-0.4, -0.2) is 10.9 Å². The van der Waals surface area contributed by atoms with Gasteiger partial charge in [-0.2, -0.15) is 0 Å². The van der Waals surface area contributed by atoms with Crippen molar-refractivity contribution in [3.63, 3.8) is 0 Å². The van der Waals surface area contributed by atoms with Crippen LogP contribution < -0.4 is 10.9 Å². The molecular formula is C18H15ClN2O2. The SMILES string of the molecule is CC(C(=O)Nc1cccc2c(=O)[nH]ccc12)c1ccc(Cl)cc1. The van der Waals surface area contributed by atoms with Crippen molar-refractivity contribution in [3.05, 3.63) is 75.7 Å². The van der Waals surface area contributed by atoms with Crippen molar-refractivity contribution in [3.8, 4) is 0 Å². The zero-order valence-corrected chi connectivity index (χ0v) is 13.2. The number of aromatic nitrogens is 1. The molecule has 5 heteroatoms. The number of rotatable bonds is 3. The number of hydrogen-bond donors (Lipinski definition) is 2. The van der Waals surface area contributed by atoms with E-state index in [9.17, 15) is 9.59 Å². The van der Waals surface area contributed by atoms with E-state index in [0.717, 1.165) is 5.56 Å². The number of carbonyl (C=O) groups excluding carboxylic acids is 1. The molecule has 0 radical (unpaired) electrons. The van der Waals surface area contributed by atoms with E-state index in [2.05, 4.69) is 10.3 Å². The Morgan fingerprint density at radius 1 is 1.09 bits per heavy atom. The number of amides is 1. The molecule has 116 valence electrons. The fraction of sp³-hybridized carbons (Fsp3) is 0.111. The average molecular weight is 327 g/mol. The van der Waals surface area contributed by atoms with Crippen LogP contribution >= 0.6 is 11.6 Å². The van der Waals surface area contributed by atoms with Crippen molar-refractivity contribution in [2.45, 2.75) is 12.8 Å². The van der Waals surface area contributed by atoms with Gasteiger partial charge in [-0.25, -0.2) is 0 Å². The Labute approximate surface area is 138 Å². The number of halogens is 1. The maximum absolute atomic E-state index is 12.5. The quantitative estimate of drug-likeness (QED) is 0.766. The van der Waals surface area contributed by atoms with Crippen molar-refractivity contribution in [2.75, 3.05) is 5.32 Å².